The number of aromatic nitrogens is 2. The molecule has 9 heteroatoms. The van der Waals surface area contributed by atoms with E-state index in [1.807, 2.05) is 12.3 Å². The Bertz CT molecular complexity index is 1130. The quantitative estimate of drug-likeness (QED) is 0.447. The van der Waals surface area contributed by atoms with E-state index in [4.69, 9.17) is 16.7 Å². The molecule has 1 aliphatic heterocycles. The van der Waals surface area contributed by atoms with Crippen LogP contribution in [-0.4, -0.2) is 34.1 Å². The number of hydrogen-bond donors (Lipinski definition) is 1. The summed E-state index contributed by atoms with van der Waals surface area (Å²) in [6.45, 7) is 3.49. The molecule has 3 aromatic rings. The van der Waals surface area contributed by atoms with E-state index >= 15 is 0 Å². The minimum atomic E-state index is -0.757. The van der Waals surface area contributed by atoms with Crippen LogP contribution in [0.1, 0.15) is 37.7 Å². The Morgan fingerprint density at radius 1 is 1.26 bits per heavy atom. The maximum absolute atomic E-state index is 14.6. The summed E-state index contributed by atoms with van der Waals surface area (Å²) in [5.41, 5.74) is 1.69. The molecule has 0 aliphatic carbocycles. The number of halogens is 3. The summed E-state index contributed by atoms with van der Waals surface area (Å²) in [4.78, 5) is 22.1. The first kappa shape index (κ1) is 21.9. The second-order valence-electron chi connectivity index (χ2n) is 7.93. The van der Waals surface area contributed by atoms with Crippen molar-refractivity contribution in [1.29, 1.82) is 0 Å². The van der Waals surface area contributed by atoms with Gasteiger partial charge < -0.3 is 10.0 Å². The first-order chi connectivity index (χ1) is 14.8. The predicted octanol–water partition coefficient (Wildman–Crippen LogP) is 6.07. The Morgan fingerprint density at radius 2 is 2.00 bits per heavy atom. The number of hydrogen-bond acceptors (Lipinski definition) is 5. The van der Waals surface area contributed by atoms with Crippen molar-refractivity contribution in [2.45, 2.75) is 39.0 Å². The van der Waals surface area contributed by atoms with Gasteiger partial charge in [-0.2, -0.15) is 0 Å². The van der Waals surface area contributed by atoms with E-state index in [9.17, 15) is 13.6 Å². The summed E-state index contributed by atoms with van der Waals surface area (Å²) >= 11 is 7.25. The Kier molecular flexibility index (Phi) is 6.39. The lowest BCUT2D eigenvalue weighted by molar-refractivity contribution is -0.137. The van der Waals surface area contributed by atoms with Gasteiger partial charge in [-0.3, -0.25) is 4.79 Å². The van der Waals surface area contributed by atoms with Gasteiger partial charge in [0.25, 0.3) is 0 Å². The van der Waals surface area contributed by atoms with E-state index < -0.39 is 17.6 Å². The molecule has 1 N–H and O–H groups in total. The molecule has 1 fully saturated rings. The number of carbonyl (C=O) groups is 1. The second kappa shape index (κ2) is 9.04. The molecule has 164 valence electrons. The van der Waals surface area contributed by atoms with Crippen molar-refractivity contribution in [3.8, 4) is 11.4 Å². The molecule has 3 heterocycles. The van der Waals surface area contributed by atoms with Crippen molar-refractivity contribution < 1.29 is 18.7 Å². The minimum absolute atomic E-state index is 0.0146. The Balaban J connectivity index is 1.63. The maximum atomic E-state index is 14.6. The summed E-state index contributed by atoms with van der Waals surface area (Å²) in [5, 5.41) is 10.5. The van der Waals surface area contributed by atoms with Crippen LogP contribution in [0.15, 0.2) is 17.5 Å². The first-order valence-corrected chi connectivity index (χ1v) is 11.5. The monoisotopic (exact) mass is 465 g/mol. The van der Waals surface area contributed by atoms with Crippen LogP contribution in [0.5, 0.6) is 0 Å². The highest BCUT2D eigenvalue weighted by Crippen LogP contribution is 2.37. The zero-order valence-corrected chi connectivity index (χ0v) is 18.6. The molecule has 0 saturated carbocycles. The molecule has 0 bridgehead atoms. The van der Waals surface area contributed by atoms with Crippen molar-refractivity contribution in [2.24, 2.45) is 5.92 Å². The molecular weight excluding hydrogens is 444 g/mol. The van der Waals surface area contributed by atoms with Crippen molar-refractivity contribution in [1.82, 2.24) is 9.97 Å². The van der Waals surface area contributed by atoms with E-state index in [1.165, 1.54) is 0 Å². The number of anilines is 1. The highest BCUT2D eigenvalue weighted by molar-refractivity contribution is 7.18. The molecule has 1 aliphatic rings. The van der Waals surface area contributed by atoms with E-state index in [0.29, 0.717) is 12.3 Å². The summed E-state index contributed by atoms with van der Waals surface area (Å²) in [7, 11) is 0. The van der Waals surface area contributed by atoms with E-state index in [0.717, 1.165) is 66.1 Å². The number of piperidine rings is 1. The smallest absolute Gasteiger partial charge is 0.303 e. The summed E-state index contributed by atoms with van der Waals surface area (Å²) < 4.78 is 29.5. The van der Waals surface area contributed by atoms with Gasteiger partial charge >= 0.3 is 5.97 Å². The van der Waals surface area contributed by atoms with Gasteiger partial charge in [0.2, 0.25) is 0 Å². The van der Waals surface area contributed by atoms with Crippen LogP contribution in [-0.2, 0) is 4.79 Å². The largest absolute Gasteiger partial charge is 0.481 e. The number of nitrogens with zero attached hydrogens (tertiary/aromatic N) is 3. The lowest BCUT2D eigenvalue weighted by Gasteiger charge is -2.33. The van der Waals surface area contributed by atoms with Gasteiger partial charge in [0.05, 0.1) is 20.8 Å². The van der Waals surface area contributed by atoms with E-state index in [1.54, 1.807) is 11.3 Å². The molecule has 0 radical (unpaired) electrons. The van der Waals surface area contributed by atoms with Gasteiger partial charge in [0.15, 0.2) is 11.6 Å². The molecule has 4 rings (SSSR count). The number of carboxylic acids is 1. The highest BCUT2D eigenvalue weighted by Gasteiger charge is 2.25. The van der Waals surface area contributed by atoms with Crippen LogP contribution < -0.4 is 4.90 Å². The summed E-state index contributed by atoms with van der Waals surface area (Å²) in [6, 6.07) is 1.99. The van der Waals surface area contributed by atoms with Crippen LogP contribution >= 0.6 is 22.9 Å². The summed E-state index contributed by atoms with van der Waals surface area (Å²) in [5.74, 6) is -0.778. The third kappa shape index (κ3) is 4.65. The molecule has 0 atom stereocenters. The molecular formula is C22H22ClF2N3O2S. The van der Waals surface area contributed by atoms with Crippen LogP contribution in [0, 0.1) is 24.5 Å². The standard InChI is InChI=1S/C22H22ClF2N3O2S/c1-12-11-31-20-19(12)26-21(14-9-17(25)15(23)10-16(14)24)27-22(20)28-7-5-13(6-8-28)3-2-4-18(29)30/h9-11,13H,2-8H2,1H3,(H,29,30). The molecule has 2 aromatic heterocycles. The number of benzene rings is 1. The van der Waals surface area contributed by atoms with E-state index in [-0.39, 0.29) is 22.8 Å². The number of thiophene rings is 1. The zero-order valence-electron chi connectivity index (χ0n) is 17.0. The topological polar surface area (TPSA) is 66.3 Å². The molecule has 0 amide bonds. The predicted molar refractivity (Wildman–Crippen MR) is 119 cm³/mol. The molecule has 5 nitrogen and oxygen atoms in total. The molecule has 0 spiro atoms. The summed E-state index contributed by atoms with van der Waals surface area (Å²) in [6.07, 6.45) is 3.67. The zero-order chi connectivity index (χ0) is 22.1. The van der Waals surface area contributed by atoms with E-state index in [2.05, 4.69) is 14.9 Å². The lowest BCUT2D eigenvalue weighted by Crippen LogP contribution is -2.34. The van der Waals surface area contributed by atoms with Crippen molar-refractivity contribution >= 4 is 44.9 Å². The van der Waals surface area contributed by atoms with Gasteiger partial charge in [-0.25, -0.2) is 18.7 Å². The third-order valence-corrected chi connectivity index (χ3v) is 7.12. The first-order valence-electron chi connectivity index (χ1n) is 10.2. The fourth-order valence-corrected chi connectivity index (χ4v) is 5.18. The molecule has 0 unspecified atom stereocenters. The number of fused-ring (bicyclic) bond motifs is 1. The van der Waals surface area contributed by atoms with Crippen molar-refractivity contribution in [3.05, 3.63) is 39.7 Å². The van der Waals surface area contributed by atoms with Gasteiger partial charge in [0, 0.05) is 19.5 Å². The number of aliphatic carboxylic acids is 1. The Labute approximate surface area is 187 Å². The maximum Gasteiger partial charge on any atom is 0.303 e. The normalized spacial score (nSPS) is 15.0. The molecule has 1 aromatic carbocycles. The minimum Gasteiger partial charge on any atom is -0.481 e. The van der Waals surface area contributed by atoms with Crippen molar-refractivity contribution in [3.63, 3.8) is 0 Å². The second-order valence-corrected chi connectivity index (χ2v) is 9.22. The fraction of sp³-hybridized carbons (Fsp3) is 0.409. The van der Waals surface area contributed by atoms with Crippen LogP contribution in [0.25, 0.3) is 21.6 Å². The van der Waals surface area contributed by atoms with Crippen LogP contribution in [0.4, 0.5) is 14.6 Å². The third-order valence-electron chi connectivity index (χ3n) is 5.74. The average Bonchev–Trinajstić information content (AvgIpc) is 3.11. The SMILES string of the molecule is Cc1csc2c(N3CCC(CCCC(=O)O)CC3)nc(-c3cc(F)c(Cl)cc3F)nc12. The van der Waals surface area contributed by atoms with Crippen LogP contribution in [0.2, 0.25) is 5.02 Å². The highest BCUT2D eigenvalue weighted by atomic mass is 35.5. The number of rotatable bonds is 6. The van der Waals surface area contributed by atoms with Gasteiger partial charge in [0.1, 0.15) is 11.6 Å². The number of aryl methyl sites for hydroxylation is 1. The fourth-order valence-electron chi connectivity index (χ4n) is 4.02. The van der Waals surface area contributed by atoms with Gasteiger partial charge in [-0.15, -0.1) is 11.3 Å². The van der Waals surface area contributed by atoms with Crippen molar-refractivity contribution in [2.75, 3.05) is 18.0 Å². The average molecular weight is 466 g/mol. The Morgan fingerprint density at radius 3 is 2.71 bits per heavy atom. The van der Waals surface area contributed by atoms with Gasteiger partial charge in [-0.05, 0) is 61.6 Å². The number of carboxylic acid groups (broad SMARTS) is 1. The lowest BCUT2D eigenvalue weighted by atomic mass is 9.91. The van der Waals surface area contributed by atoms with Gasteiger partial charge in [-0.1, -0.05) is 11.6 Å². The molecule has 1 saturated heterocycles. The van der Waals surface area contributed by atoms with Crippen LogP contribution in [0.3, 0.4) is 0 Å². The Hall–Kier alpha value is -2.32. The molecule has 31 heavy (non-hydrogen) atoms.